The topological polar surface area (TPSA) is 47.9 Å². The number of nitrogens with zero attached hydrogens (tertiary/aromatic N) is 3. The van der Waals surface area contributed by atoms with Gasteiger partial charge in [0.15, 0.2) is 0 Å². The zero-order chi connectivity index (χ0) is 39.4. The van der Waals surface area contributed by atoms with Crippen LogP contribution in [0.4, 0.5) is 0 Å². The Morgan fingerprint density at radius 3 is 1.67 bits per heavy atom. The number of aromatic nitrogens is 3. The van der Waals surface area contributed by atoms with Crippen LogP contribution in [0.2, 0.25) is 0 Å². The molecular formula is C56H33N3O. The molecule has 1 aliphatic carbocycles. The first-order valence-corrected chi connectivity index (χ1v) is 20.4. The van der Waals surface area contributed by atoms with Crippen molar-refractivity contribution in [3.05, 3.63) is 222 Å². The molecule has 1 aliphatic heterocycles. The van der Waals surface area contributed by atoms with Crippen LogP contribution in [0.3, 0.4) is 0 Å². The van der Waals surface area contributed by atoms with Crippen LogP contribution in [0.5, 0.6) is 11.5 Å². The molecule has 1 spiro atoms. The zero-order valence-corrected chi connectivity index (χ0v) is 32.3. The van der Waals surface area contributed by atoms with Crippen molar-refractivity contribution in [3.63, 3.8) is 0 Å². The molecule has 278 valence electrons. The van der Waals surface area contributed by atoms with Gasteiger partial charge in [0.25, 0.3) is 0 Å². The van der Waals surface area contributed by atoms with Crippen molar-refractivity contribution >= 4 is 43.5 Å². The van der Waals surface area contributed by atoms with Crippen LogP contribution in [0.1, 0.15) is 22.3 Å². The Morgan fingerprint density at radius 1 is 0.383 bits per heavy atom. The highest BCUT2D eigenvalue weighted by molar-refractivity contribution is 6.19. The monoisotopic (exact) mass is 763 g/mol. The number of rotatable bonds is 3. The van der Waals surface area contributed by atoms with Crippen LogP contribution < -0.4 is 4.74 Å². The van der Waals surface area contributed by atoms with E-state index in [1.54, 1.807) is 0 Å². The van der Waals surface area contributed by atoms with Gasteiger partial charge in [-0.3, -0.25) is 0 Å². The maximum Gasteiger partial charge on any atom is 0.132 e. The Labute approximate surface area is 346 Å². The average Bonchev–Trinajstić information content (AvgIpc) is 3.61. The van der Waals surface area contributed by atoms with Crippen LogP contribution in [0.25, 0.3) is 88.4 Å². The summed E-state index contributed by atoms with van der Waals surface area (Å²) in [4.78, 5) is 16.0. The fourth-order valence-corrected chi connectivity index (χ4v) is 10.1. The molecule has 3 aromatic heterocycles. The summed E-state index contributed by atoms with van der Waals surface area (Å²) >= 11 is 0. The standard InChI is InChI=1S/C56H33N3O/c1-3-13-34(14-4-1)46-31-26-36-23-24-37-27-32-47(58-55(37)54(36)57-46)38-25-28-39-45(33-38)56(42-18-8-11-21-49(42)60-50-22-12-9-19-43(50)56)44-30-29-41-51(52(39)44)40-17-7-10-20-48(40)59-53(41)35-15-5-2-6-16-35/h1-33H. The van der Waals surface area contributed by atoms with E-state index in [4.69, 9.17) is 19.7 Å². The lowest BCUT2D eigenvalue weighted by molar-refractivity contribution is 0.436. The molecule has 0 radical (unpaired) electrons. The smallest absolute Gasteiger partial charge is 0.132 e. The highest BCUT2D eigenvalue weighted by Crippen LogP contribution is 2.64. The molecule has 4 nitrogen and oxygen atoms in total. The van der Waals surface area contributed by atoms with Gasteiger partial charge in [-0.15, -0.1) is 0 Å². The fraction of sp³-hybridized carbons (Fsp3) is 0.0179. The first-order chi connectivity index (χ1) is 29.7. The van der Waals surface area contributed by atoms with Gasteiger partial charge >= 0.3 is 0 Å². The van der Waals surface area contributed by atoms with Crippen molar-refractivity contribution < 1.29 is 4.74 Å². The van der Waals surface area contributed by atoms with Crippen molar-refractivity contribution in [3.8, 4) is 56.4 Å². The third-order valence-electron chi connectivity index (χ3n) is 12.7. The summed E-state index contributed by atoms with van der Waals surface area (Å²) in [5, 5.41) is 5.59. The number of hydrogen-bond acceptors (Lipinski definition) is 4. The van der Waals surface area contributed by atoms with Crippen LogP contribution >= 0.6 is 0 Å². The van der Waals surface area contributed by atoms with Crippen LogP contribution in [0.15, 0.2) is 200 Å². The number of para-hydroxylation sites is 3. The van der Waals surface area contributed by atoms with Crippen molar-refractivity contribution in [2.24, 2.45) is 0 Å². The summed E-state index contributed by atoms with van der Waals surface area (Å²) in [5.74, 6) is 1.72. The normalized spacial score (nSPS) is 13.3. The first kappa shape index (κ1) is 33.1. The zero-order valence-electron chi connectivity index (χ0n) is 32.3. The van der Waals surface area contributed by atoms with E-state index in [2.05, 4.69) is 194 Å². The summed E-state index contributed by atoms with van der Waals surface area (Å²) < 4.78 is 6.75. The van der Waals surface area contributed by atoms with Crippen molar-refractivity contribution in [2.75, 3.05) is 0 Å². The Kier molecular flexibility index (Phi) is 6.90. The molecule has 0 N–H and O–H groups in total. The summed E-state index contributed by atoms with van der Waals surface area (Å²) in [7, 11) is 0. The number of ether oxygens (including phenoxy) is 1. The summed E-state index contributed by atoms with van der Waals surface area (Å²) in [6.45, 7) is 0. The number of fused-ring (bicyclic) bond motifs is 16. The van der Waals surface area contributed by atoms with Crippen LogP contribution in [0, 0.1) is 0 Å². The first-order valence-electron chi connectivity index (χ1n) is 20.4. The second-order valence-electron chi connectivity index (χ2n) is 15.8. The Bertz CT molecular complexity index is 3530. The van der Waals surface area contributed by atoms with E-state index in [9.17, 15) is 0 Å². The number of pyridine rings is 3. The van der Waals surface area contributed by atoms with Gasteiger partial charge in [-0.2, -0.15) is 0 Å². The predicted octanol–water partition coefficient (Wildman–Crippen LogP) is 14.0. The minimum atomic E-state index is -0.673. The summed E-state index contributed by atoms with van der Waals surface area (Å²) in [6.07, 6.45) is 0. The fourth-order valence-electron chi connectivity index (χ4n) is 10.1. The molecule has 0 fully saturated rings. The SMILES string of the molecule is c1ccc(-c2ccc3ccc4ccc(-c5ccc6c(c5)C5(c7ccccc7Oc7ccccc75)c5ccc7c(-c8ccccc8)nc8ccccc8c7c5-6)nc4c3n2)cc1. The van der Waals surface area contributed by atoms with E-state index < -0.39 is 5.41 Å². The average molecular weight is 764 g/mol. The Balaban J connectivity index is 1.12. The van der Waals surface area contributed by atoms with Gasteiger partial charge in [-0.25, -0.2) is 15.0 Å². The molecule has 4 heteroatoms. The molecule has 11 aromatic rings. The molecule has 0 amide bonds. The van der Waals surface area contributed by atoms with E-state index in [0.29, 0.717) is 0 Å². The Morgan fingerprint density at radius 2 is 0.967 bits per heavy atom. The van der Waals surface area contributed by atoms with E-state index in [0.717, 1.165) is 94.5 Å². The summed E-state index contributed by atoms with van der Waals surface area (Å²) in [6, 6.07) is 71.1. The number of hydrogen-bond donors (Lipinski definition) is 0. The molecular weight excluding hydrogens is 731 g/mol. The molecule has 0 saturated heterocycles. The van der Waals surface area contributed by atoms with Gasteiger partial charge in [0.2, 0.25) is 0 Å². The maximum absolute atomic E-state index is 6.75. The van der Waals surface area contributed by atoms with Gasteiger partial charge in [0.05, 0.1) is 39.0 Å². The van der Waals surface area contributed by atoms with E-state index in [-0.39, 0.29) is 0 Å². The second-order valence-corrected chi connectivity index (χ2v) is 15.8. The lowest BCUT2D eigenvalue weighted by atomic mass is 9.65. The second kappa shape index (κ2) is 12.5. The highest BCUT2D eigenvalue weighted by atomic mass is 16.5. The third kappa shape index (κ3) is 4.59. The molecule has 0 unspecified atom stereocenters. The van der Waals surface area contributed by atoms with Crippen LogP contribution in [-0.2, 0) is 5.41 Å². The minimum Gasteiger partial charge on any atom is -0.457 e. The van der Waals surface area contributed by atoms with E-state index in [1.807, 2.05) is 6.07 Å². The van der Waals surface area contributed by atoms with E-state index in [1.165, 1.54) is 27.6 Å². The lowest BCUT2D eigenvalue weighted by Crippen LogP contribution is -2.32. The van der Waals surface area contributed by atoms with Gasteiger partial charge < -0.3 is 4.74 Å². The van der Waals surface area contributed by atoms with Crippen LogP contribution in [-0.4, -0.2) is 15.0 Å². The van der Waals surface area contributed by atoms with Gasteiger partial charge in [-0.05, 0) is 58.7 Å². The third-order valence-corrected chi connectivity index (χ3v) is 12.7. The lowest BCUT2D eigenvalue weighted by Gasteiger charge is -2.39. The number of benzene rings is 8. The van der Waals surface area contributed by atoms with Gasteiger partial charge in [0.1, 0.15) is 11.5 Å². The molecule has 0 saturated carbocycles. The molecule has 8 aromatic carbocycles. The maximum atomic E-state index is 6.75. The highest BCUT2D eigenvalue weighted by Gasteiger charge is 2.51. The molecule has 2 aliphatic rings. The van der Waals surface area contributed by atoms with E-state index >= 15 is 0 Å². The summed E-state index contributed by atoms with van der Waals surface area (Å²) in [5.41, 5.74) is 15.2. The van der Waals surface area contributed by atoms with Gasteiger partial charge in [0, 0.05) is 54.7 Å². The molecule has 0 atom stereocenters. The largest absolute Gasteiger partial charge is 0.457 e. The van der Waals surface area contributed by atoms with Gasteiger partial charge in [-0.1, -0.05) is 164 Å². The van der Waals surface area contributed by atoms with Crippen molar-refractivity contribution in [2.45, 2.75) is 5.41 Å². The Hall–Kier alpha value is -7.95. The van der Waals surface area contributed by atoms with Crippen molar-refractivity contribution in [1.29, 1.82) is 0 Å². The quantitative estimate of drug-likeness (QED) is 0.168. The molecule has 60 heavy (non-hydrogen) atoms. The molecule has 13 rings (SSSR count). The molecule has 4 heterocycles. The van der Waals surface area contributed by atoms with Crippen molar-refractivity contribution in [1.82, 2.24) is 15.0 Å². The molecule has 0 bridgehead atoms. The minimum absolute atomic E-state index is 0.673. The predicted molar refractivity (Wildman–Crippen MR) is 244 cm³/mol.